The summed E-state index contributed by atoms with van der Waals surface area (Å²) in [4.78, 5) is 11.9. The van der Waals surface area contributed by atoms with E-state index in [0.29, 0.717) is 17.7 Å². The molecule has 1 heterocycles. The maximum absolute atomic E-state index is 11.9. The number of amides is 1. The Hall–Kier alpha value is -1.56. The lowest BCUT2D eigenvalue weighted by Crippen LogP contribution is -2.23. The Labute approximate surface area is 106 Å². The van der Waals surface area contributed by atoms with Gasteiger partial charge in [-0.3, -0.25) is 4.79 Å². The number of phenols is 1. The molecule has 5 nitrogen and oxygen atoms in total. The van der Waals surface area contributed by atoms with Gasteiger partial charge in [0, 0.05) is 5.69 Å². The standard InChI is InChI=1S/C12H15NO4S/c1-8-6-10(2-3-11(8)14)13-12(15)9-4-5-18(16,17)7-9/h2-3,6,9,14H,4-5,7H2,1H3,(H,13,15). The molecule has 1 unspecified atom stereocenters. The fourth-order valence-corrected chi connectivity index (χ4v) is 3.72. The third-order valence-electron chi connectivity index (χ3n) is 3.07. The molecule has 0 radical (unpaired) electrons. The lowest BCUT2D eigenvalue weighted by atomic mass is 10.1. The number of phenolic OH excluding ortho intramolecular Hbond substituents is 1. The third-order valence-corrected chi connectivity index (χ3v) is 4.84. The lowest BCUT2D eigenvalue weighted by molar-refractivity contribution is -0.119. The molecule has 0 aliphatic carbocycles. The summed E-state index contributed by atoms with van der Waals surface area (Å²) in [5.41, 5.74) is 1.23. The molecule has 1 fully saturated rings. The van der Waals surface area contributed by atoms with E-state index in [9.17, 15) is 18.3 Å². The van der Waals surface area contributed by atoms with Crippen LogP contribution in [0.1, 0.15) is 12.0 Å². The SMILES string of the molecule is Cc1cc(NC(=O)C2CCS(=O)(=O)C2)ccc1O. The summed E-state index contributed by atoms with van der Waals surface area (Å²) in [7, 11) is -3.05. The van der Waals surface area contributed by atoms with Gasteiger partial charge >= 0.3 is 0 Å². The van der Waals surface area contributed by atoms with Crippen molar-refractivity contribution in [3.05, 3.63) is 23.8 Å². The second-order valence-corrected chi connectivity index (χ2v) is 6.82. The lowest BCUT2D eigenvalue weighted by Gasteiger charge is -2.10. The first kappa shape index (κ1) is 12.9. The number of anilines is 1. The number of nitrogens with one attached hydrogen (secondary N) is 1. The van der Waals surface area contributed by atoms with Crippen molar-refractivity contribution in [3.63, 3.8) is 0 Å². The predicted molar refractivity (Wildman–Crippen MR) is 68.2 cm³/mol. The van der Waals surface area contributed by atoms with Gasteiger partial charge in [-0.05, 0) is 37.1 Å². The van der Waals surface area contributed by atoms with Gasteiger partial charge in [0.25, 0.3) is 0 Å². The quantitative estimate of drug-likeness (QED) is 0.787. The summed E-state index contributed by atoms with van der Waals surface area (Å²) in [6.07, 6.45) is 0.380. The topological polar surface area (TPSA) is 83.5 Å². The molecular formula is C12H15NO4S. The van der Waals surface area contributed by atoms with Crippen LogP contribution in [-0.2, 0) is 14.6 Å². The van der Waals surface area contributed by atoms with Crippen molar-refractivity contribution in [1.29, 1.82) is 0 Å². The van der Waals surface area contributed by atoms with Crippen LogP contribution >= 0.6 is 0 Å². The van der Waals surface area contributed by atoms with E-state index in [1.165, 1.54) is 6.07 Å². The first-order valence-electron chi connectivity index (χ1n) is 5.68. The van der Waals surface area contributed by atoms with Crippen LogP contribution in [0.3, 0.4) is 0 Å². The molecule has 1 aliphatic heterocycles. The molecule has 2 N–H and O–H groups in total. The number of hydrogen-bond donors (Lipinski definition) is 2. The van der Waals surface area contributed by atoms with Gasteiger partial charge in [-0.25, -0.2) is 8.42 Å². The van der Waals surface area contributed by atoms with Crippen molar-refractivity contribution < 1.29 is 18.3 Å². The average Bonchev–Trinajstić information content (AvgIpc) is 2.64. The van der Waals surface area contributed by atoms with E-state index in [4.69, 9.17) is 0 Å². The number of sulfone groups is 1. The molecule has 0 aromatic heterocycles. The van der Waals surface area contributed by atoms with Crippen LogP contribution in [0.2, 0.25) is 0 Å². The monoisotopic (exact) mass is 269 g/mol. The van der Waals surface area contributed by atoms with Crippen LogP contribution in [0, 0.1) is 12.8 Å². The molecule has 1 amide bonds. The van der Waals surface area contributed by atoms with E-state index < -0.39 is 15.8 Å². The van der Waals surface area contributed by atoms with Crippen molar-refractivity contribution in [2.75, 3.05) is 16.8 Å². The van der Waals surface area contributed by atoms with E-state index in [1.54, 1.807) is 19.1 Å². The summed E-state index contributed by atoms with van der Waals surface area (Å²) in [6.45, 7) is 1.73. The molecule has 18 heavy (non-hydrogen) atoms. The van der Waals surface area contributed by atoms with Gasteiger partial charge in [0.2, 0.25) is 5.91 Å². The first-order chi connectivity index (χ1) is 8.37. The van der Waals surface area contributed by atoms with Crippen molar-refractivity contribution >= 4 is 21.4 Å². The molecule has 1 saturated heterocycles. The molecule has 1 aromatic carbocycles. The van der Waals surface area contributed by atoms with Crippen LogP contribution in [0.15, 0.2) is 18.2 Å². The molecule has 0 saturated carbocycles. The Morgan fingerprint density at radius 1 is 1.44 bits per heavy atom. The van der Waals surface area contributed by atoms with Crippen molar-refractivity contribution in [2.24, 2.45) is 5.92 Å². The minimum Gasteiger partial charge on any atom is -0.508 e. The maximum atomic E-state index is 11.9. The van der Waals surface area contributed by atoms with Crippen molar-refractivity contribution in [2.45, 2.75) is 13.3 Å². The van der Waals surface area contributed by atoms with Crippen LogP contribution in [0.4, 0.5) is 5.69 Å². The smallest absolute Gasteiger partial charge is 0.228 e. The molecule has 1 atom stereocenters. The first-order valence-corrected chi connectivity index (χ1v) is 7.50. The molecular weight excluding hydrogens is 254 g/mol. The van der Waals surface area contributed by atoms with E-state index >= 15 is 0 Å². The zero-order valence-electron chi connectivity index (χ0n) is 10.0. The molecule has 6 heteroatoms. The fraction of sp³-hybridized carbons (Fsp3) is 0.417. The number of aryl methyl sites for hydroxylation is 1. The van der Waals surface area contributed by atoms with Gasteiger partial charge in [0.1, 0.15) is 5.75 Å². The molecule has 1 aromatic rings. The summed E-state index contributed by atoms with van der Waals surface area (Å²) >= 11 is 0. The van der Waals surface area contributed by atoms with Crippen molar-refractivity contribution in [1.82, 2.24) is 0 Å². The van der Waals surface area contributed by atoms with E-state index in [2.05, 4.69) is 5.32 Å². The number of benzene rings is 1. The van der Waals surface area contributed by atoms with Gasteiger partial charge < -0.3 is 10.4 Å². The van der Waals surface area contributed by atoms with Crippen LogP contribution < -0.4 is 5.32 Å². The minimum atomic E-state index is -3.05. The summed E-state index contributed by atoms with van der Waals surface area (Å²) < 4.78 is 22.6. The number of hydrogen-bond acceptors (Lipinski definition) is 4. The number of rotatable bonds is 2. The van der Waals surface area contributed by atoms with Gasteiger partial charge in [0.05, 0.1) is 17.4 Å². The summed E-state index contributed by atoms with van der Waals surface area (Å²) in [6, 6.07) is 4.73. The predicted octanol–water partition coefficient (Wildman–Crippen LogP) is 1.07. The number of carbonyl (C=O) groups excluding carboxylic acids is 1. The summed E-state index contributed by atoms with van der Waals surface area (Å²) in [5.74, 6) is -0.572. The normalized spacial score (nSPS) is 21.7. The van der Waals surface area contributed by atoms with Gasteiger partial charge in [-0.1, -0.05) is 0 Å². The van der Waals surface area contributed by atoms with Gasteiger partial charge in [0.15, 0.2) is 9.84 Å². The molecule has 0 bridgehead atoms. The Balaban J connectivity index is 2.06. The number of aromatic hydroxyl groups is 1. The Kier molecular flexibility index (Phi) is 3.30. The molecule has 98 valence electrons. The van der Waals surface area contributed by atoms with Crippen molar-refractivity contribution in [3.8, 4) is 5.75 Å². The third kappa shape index (κ3) is 2.81. The van der Waals surface area contributed by atoms with E-state index in [-0.39, 0.29) is 23.2 Å². The minimum absolute atomic E-state index is 0.0735. The number of carbonyl (C=O) groups is 1. The highest BCUT2D eigenvalue weighted by atomic mass is 32.2. The highest BCUT2D eigenvalue weighted by Gasteiger charge is 2.32. The van der Waals surface area contributed by atoms with Crippen LogP contribution in [-0.4, -0.2) is 30.9 Å². The Bertz CT molecular complexity index is 580. The van der Waals surface area contributed by atoms with Gasteiger partial charge in [-0.15, -0.1) is 0 Å². The highest BCUT2D eigenvalue weighted by molar-refractivity contribution is 7.91. The largest absolute Gasteiger partial charge is 0.508 e. The van der Waals surface area contributed by atoms with Gasteiger partial charge in [-0.2, -0.15) is 0 Å². The zero-order valence-corrected chi connectivity index (χ0v) is 10.8. The highest BCUT2D eigenvalue weighted by Crippen LogP contribution is 2.23. The Morgan fingerprint density at radius 3 is 2.72 bits per heavy atom. The Morgan fingerprint density at radius 2 is 2.17 bits per heavy atom. The van der Waals surface area contributed by atoms with Crippen LogP contribution in [0.25, 0.3) is 0 Å². The summed E-state index contributed by atoms with van der Waals surface area (Å²) in [5, 5.41) is 12.0. The van der Waals surface area contributed by atoms with E-state index in [0.717, 1.165) is 0 Å². The second kappa shape index (κ2) is 4.61. The fourth-order valence-electron chi connectivity index (χ4n) is 1.98. The zero-order chi connectivity index (χ0) is 13.3. The molecule has 2 rings (SSSR count). The van der Waals surface area contributed by atoms with E-state index in [1.807, 2.05) is 0 Å². The second-order valence-electron chi connectivity index (χ2n) is 4.59. The van der Waals surface area contributed by atoms with Crippen LogP contribution in [0.5, 0.6) is 5.75 Å². The maximum Gasteiger partial charge on any atom is 0.228 e. The molecule has 0 spiro atoms. The average molecular weight is 269 g/mol. The molecule has 1 aliphatic rings.